The van der Waals surface area contributed by atoms with E-state index in [0.717, 1.165) is 32.2 Å². The first kappa shape index (κ1) is 13.3. The van der Waals surface area contributed by atoms with E-state index in [1.165, 1.54) is 38.5 Å². The Labute approximate surface area is 105 Å². The van der Waals surface area contributed by atoms with Crippen LogP contribution in [-0.4, -0.2) is 49.0 Å². The van der Waals surface area contributed by atoms with E-state index in [9.17, 15) is 5.11 Å². The number of nitrogens with zero attached hydrogens (tertiary/aromatic N) is 1. The molecule has 0 aromatic rings. The molecule has 3 nitrogen and oxygen atoms in total. The lowest BCUT2D eigenvalue weighted by Crippen LogP contribution is -2.43. The summed E-state index contributed by atoms with van der Waals surface area (Å²) >= 11 is 0. The van der Waals surface area contributed by atoms with Crippen molar-refractivity contribution >= 4 is 0 Å². The zero-order valence-electron chi connectivity index (χ0n) is 11.1. The van der Waals surface area contributed by atoms with Crippen molar-refractivity contribution in [1.29, 1.82) is 0 Å². The summed E-state index contributed by atoms with van der Waals surface area (Å²) in [5, 5.41) is 9.97. The van der Waals surface area contributed by atoms with E-state index in [1.807, 2.05) is 0 Å². The first-order valence-electron chi connectivity index (χ1n) is 7.23. The van der Waals surface area contributed by atoms with Crippen LogP contribution in [0.15, 0.2) is 0 Å². The van der Waals surface area contributed by atoms with Crippen LogP contribution in [0.5, 0.6) is 0 Å². The largest absolute Gasteiger partial charge is 0.393 e. The highest BCUT2D eigenvalue weighted by atomic mass is 16.5. The van der Waals surface area contributed by atoms with Crippen molar-refractivity contribution in [1.82, 2.24) is 4.90 Å². The van der Waals surface area contributed by atoms with E-state index >= 15 is 0 Å². The first-order chi connectivity index (χ1) is 8.27. The minimum atomic E-state index is -0.156. The Balaban J connectivity index is 1.79. The summed E-state index contributed by atoms with van der Waals surface area (Å²) < 4.78 is 5.48. The molecule has 0 aromatic carbocycles. The van der Waals surface area contributed by atoms with E-state index in [-0.39, 0.29) is 6.10 Å². The molecular weight excluding hydrogens is 214 g/mol. The lowest BCUT2D eigenvalue weighted by molar-refractivity contribution is -0.0482. The van der Waals surface area contributed by atoms with Gasteiger partial charge in [-0.2, -0.15) is 0 Å². The van der Waals surface area contributed by atoms with Gasteiger partial charge in [0.25, 0.3) is 0 Å². The van der Waals surface area contributed by atoms with E-state index in [0.29, 0.717) is 5.92 Å². The summed E-state index contributed by atoms with van der Waals surface area (Å²) in [6, 6.07) is 0.728. The van der Waals surface area contributed by atoms with E-state index in [4.69, 9.17) is 4.74 Å². The molecule has 0 amide bonds. The Hall–Kier alpha value is -0.120. The normalized spacial score (nSPS) is 32.6. The molecule has 1 saturated carbocycles. The highest BCUT2D eigenvalue weighted by molar-refractivity contribution is 4.79. The molecule has 0 aromatic heterocycles. The van der Waals surface area contributed by atoms with Gasteiger partial charge in [-0.15, -0.1) is 0 Å². The predicted octanol–water partition coefficient (Wildman–Crippen LogP) is 2.04. The average molecular weight is 241 g/mol. The number of rotatable bonds is 3. The minimum absolute atomic E-state index is 0.156. The van der Waals surface area contributed by atoms with Crippen molar-refractivity contribution in [3.05, 3.63) is 0 Å². The van der Waals surface area contributed by atoms with Gasteiger partial charge in [-0.25, -0.2) is 0 Å². The standard InChI is InChI=1S/C14H27NO2/c1-15(13-6-4-2-3-5-7-13)10-12-11-17-9-8-14(12)16/h12-14,16H,2-11H2,1H3. The number of hydrogen-bond donors (Lipinski definition) is 1. The smallest absolute Gasteiger partial charge is 0.0624 e. The van der Waals surface area contributed by atoms with Crippen molar-refractivity contribution in [2.75, 3.05) is 26.8 Å². The summed E-state index contributed by atoms with van der Waals surface area (Å²) in [7, 11) is 2.22. The van der Waals surface area contributed by atoms with Gasteiger partial charge in [-0.05, 0) is 26.3 Å². The zero-order valence-corrected chi connectivity index (χ0v) is 11.1. The van der Waals surface area contributed by atoms with Crippen molar-refractivity contribution in [2.24, 2.45) is 5.92 Å². The maximum absolute atomic E-state index is 9.97. The molecule has 0 radical (unpaired) electrons. The van der Waals surface area contributed by atoms with Gasteiger partial charge in [0.2, 0.25) is 0 Å². The Kier molecular flexibility index (Phi) is 5.26. The van der Waals surface area contributed by atoms with Crippen molar-refractivity contribution in [3.8, 4) is 0 Å². The molecule has 17 heavy (non-hydrogen) atoms. The highest BCUT2D eigenvalue weighted by Gasteiger charge is 2.27. The van der Waals surface area contributed by atoms with Crippen LogP contribution >= 0.6 is 0 Å². The molecule has 1 aliphatic carbocycles. The second kappa shape index (κ2) is 6.72. The van der Waals surface area contributed by atoms with Crippen molar-refractivity contribution < 1.29 is 9.84 Å². The molecule has 2 rings (SSSR count). The van der Waals surface area contributed by atoms with Crippen LogP contribution in [0.25, 0.3) is 0 Å². The summed E-state index contributed by atoms with van der Waals surface area (Å²) in [4.78, 5) is 2.47. The molecule has 2 unspecified atom stereocenters. The van der Waals surface area contributed by atoms with Gasteiger partial charge in [0.05, 0.1) is 12.7 Å². The van der Waals surface area contributed by atoms with E-state index < -0.39 is 0 Å². The van der Waals surface area contributed by atoms with Crippen LogP contribution in [0.3, 0.4) is 0 Å². The summed E-state index contributed by atoms with van der Waals surface area (Å²) in [5.74, 6) is 0.317. The van der Waals surface area contributed by atoms with Gasteiger partial charge >= 0.3 is 0 Å². The zero-order chi connectivity index (χ0) is 12.1. The highest BCUT2D eigenvalue weighted by Crippen LogP contribution is 2.23. The van der Waals surface area contributed by atoms with Crippen LogP contribution in [0.4, 0.5) is 0 Å². The molecule has 100 valence electrons. The average Bonchev–Trinajstić information content (AvgIpc) is 2.61. The van der Waals surface area contributed by atoms with E-state index in [2.05, 4.69) is 11.9 Å². The molecule has 2 atom stereocenters. The fourth-order valence-electron chi connectivity index (χ4n) is 3.18. The van der Waals surface area contributed by atoms with Gasteiger partial charge in [-0.3, -0.25) is 0 Å². The second-order valence-electron chi connectivity index (χ2n) is 5.78. The molecule has 2 aliphatic rings. The van der Waals surface area contributed by atoms with Crippen LogP contribution in [0.1, 0.15) is 44.9 Å². The molecular formula is C14H27NO2. The fraction of sp³-hybridized carbons (Fsp3) is 1.00. The van der Waals surface area contributed by atoms with Gasteiger partial charge in [0.1, 0.15) is 0 Å². The number of aliphatic hydroxyl groups excluding tert-OH is 1. The monoisotopic (exact) mass is 241 g/mol. The summed E-state index contributed by atoms with van der Waals surface area (Å²) in [6.45, 7) is 2.45. The Morgan fingerprint density at radius 2 is 1.82 bits per heavy atom. The quantitative estimate of drug-likeness (QED) is 0.768. The summed E-state index contributed by atoms with van der Waals surface area (Å²) in [6.07, 6.45) is 8.87. The van der Waals surface area contributed by atoms with Gasteiger partial charge < -0.3 is 14.7 Å². The molecule has 1 heterocycles. The summed E-state index contributed by atoms with van der Waals surface area (Å²) in [5.41, 5.74) is 0. The maximum atomic E-state index is 9.97. The minimum Gasteiger partial charge on any atom is -0.393 e. The fourth-order valence-corrected chi connectivity index (χ4v) is 3.18. The molecule has 3 heteroatoms. The molecule has 1 aliphatic heterocycles. The first-order valence-corrected chi connectivity index (χ1v) is 7.23. The van der Waals surface area contributed by atoms with Crippen molar-refractivity contribution in [3.63, 3.8) is 0 Å². The van der Waals surface area contributed by atoms with Crippen LogP contribution < -0.4 is 0 Å². The number of hydrogen-bond acceptors (Lipinski definition) is 3. The van der Waals surface area contributed by atoms with Gasteiger partial charge in [0.15, 0.2) is 0 Å². The van der Waals surface area contributed by atoms with Crippen LogP contribution in [0.2, 0.25) is 0 Å². The molecule has 0 spiro atoms. The van der Waals surface area contributed by atoms with Gasteiger partial charge in [-0.1, -0.05) is 25.7 Å². The SMILES string of the molecule is CN(CC1COCCC1O)C1CCCCCC1. The molecule has 0 bridgehead atoms. The van der Waals surface area contributed by atoms with Crippen LogP contribution in [0, 0.1) is 5.92 Å². The van der Waals surface area contributed by atoms with E-state index in [1.54, 1.807) is 0 Å². The number of ether oxygens (including phenoxy) is 1. The molecule has 1 saturated heterocycles. The topological polar surface area (TPSA) is 32.7 Å². The lowest BCUT2D eigenvalue weighted by Gasteiger charge is -2.34. The van der Waals surface area contributed by atoms with Crippen molar-refractivity contribution in [2.45, 2.75) is 57.1 Å². The molecule has 1 N–H and O–H groups in total. The third kappa shape index (κ3) is 3.94. The Morgan fingerprint density at radius 1 is 1.12 bits per heavy atom. The van der Waals surface area contributed by atoms with Crippen LogP contribution in [-0.2, 0) is 4.74 Å². The third-order valence-corrected chi connectivity index (χ3v) is 4.40. The maximum Gasteiger partial charge on any atom is 0.0624 e. The Morgan fingerprint density at radius 3 is 2.47 bits per heavy atom. The lowest BCUT2D eigenvalue weighted by atomic mass is 9.97. The second-order valence-corrected chi connectivity index (χ2v) is 5.78. The predicted molar refractivity (Wildman–Crippen MR) is 69.1 cm³/mol. The van der Waals surface area contributed by atoms with Gasteiger partial charge in [0, 0.05) is 25.1 Å². The molecule has 2 fully saturated rings. The number of aliphatic hydroxyl groups is 1. The Bertz CT molecular complexity index is 214. The third-order valence-electron chi connectivity index (χ3n) is 4.40.